The largest absolute Gasteiger partial charge is 0.494 e. The number of anilines is 1. The molecule has 0 saturated carbocycles. The second-order valence-electron chi connectivity index (χ2n) is 7.35. The van der Waals surface area contributed by atoms with Crippen LogP contribution in [0.2, 0.25) is 0 Å². The van der Waals surface area contributed by atoms with Gasteiger partial charge in [-0.3, -0.25) is 14.9 Å². The van der Waals surface area contributed by atoms with E-state index in [4.69, 9.17) is 14.2 Å². The van der Waals surface area contributed by atoms with E-state index in [2.05, 4.69) is 0 Å². The highest BCUT2D eigenvalue weighted by atomic mass is 19.1. The Morgan fingerprint density at radius 1 is 1.21 bits per heavy atom. The van der Waals surface area contributed by atoms with E-state index in [1.165, 1.54) is 43.3 Å². The number of likely N-dealkylation sites (N-methyl/N-ethyl adjacent to an activating group) is 1. The van der Waals surface area contributed by atoms with Crippen molar-refractivity contribution in [3.63, 3.8) is 0 Å². The molecule has 0 aromatic heterocycles. The Morgan fingerprint density at radius 2 is 1.94 bits per heavy atom. The highest BCUT2D eigenvalue weighted by Gasteiger charge is 2.24. The van der Waals surface area contributed by atoms with E-state index in [0.717, 1.165) is 6.07 Å². The maximum atomic E-state index is 13.9. The van der Waals surface area contributed by atoms with Gasteiger partial charge in [-0.2, -0.15) is 0 Å². The zero-order chi connectivity index (χ0) is 24.0. The second kappa shape index (κ2) is 10.7. The summed E-state index contributed by atoms with van der Waals surface area (Å²) < 4.78 is 29.2. The van der Waals surface area contributed by atoms with Crippen molar-refractivity contribution in [2.75, 3.05) is 52.0 Å². The number of rotatable bonds is 8. The zero-order valence-corrected chi connectivity index (χ0v) is 18.3. The molecule has 176 valence electrons. The van der Waals surface area contributed by atoms with Gasteiger partial charge in [-0.25, -0.2) is 9.18 Å². The molecule has 1 aliphatic heterocycles. The number of carbonyl (C=O) groups excluding carboxylic acids is 2. The second-order valence-corrected chi connectivity index (χ2v) is 7.35. The first-order chi connectivity index (χ1) is 15.8. The minimum atomic E-state index is -0.850. The van der Waals surface area contributed by atoms with Gasteiger partial charge in [0.25, 0.3) is 11.6 Å². The van der Waals surface area contributed by atoms with Crippen LogP contribution in [0.25, 0.3) is 0 Å². The molecule has 1 fully saturated rings. The van der Waals surface area contributed by atoms with Crippen LogP contribution in [0.1, 0.15) is 15.9 Å². The number of nitrogens with zero attached hydrogens (tertiary/aromatic N) is 3. The standard InChI is InChI=1S/C22H24FN3O7/c1-24(13-15-3-6-20(31-2)18(23)11-15)21(27)14-33-22(28)17-12-16(26(29)30)4-5-19(17)25-7-9-32-10-8-25/h3-6,11-12H,7-10,13-14H2,1-2H3. The summed E-state index contributed by atoms with van der Waals surface area (Å²) in [6, 6.07) is 8.28. The predicted molar refractivity (Wildman–Crippen MR) is 116 cm³/mol. The number of non-ortho nitro benzene ring substituents is 1. The van der Waals surface area contributed by atoms with Gasteiger partial charge in [0, 0.05) is 38.8 Å². The number of amides is 1. The third kappa shape index (κ3) is 5.95. The molecule has 0 N–H and O–H groups in total. The van der Waals surface area contributed by atoms with Crippen molar-refractivity contribution in [2.45, 2.75) is 6.54 Å². The van der Waals surface area contributed by atoms with Crippen LogP contribution in [0.3, 0.4) is 0 Å². The fraction of sp³-hybridized carbons (Fsp3) is 0.364. The smallest absolute Gasteiger partial charge is 0.341 e. The van der Waals surface area contributed by atoms with Crippen molar-refractivity contribution in [1.82, 2.24) is 4.90 Å². The summed E-state index contributed by atoms with van der Waals surface area (Å²) in [5, 5.41) is 11.2. The molecule has 33 heavy (non-hydrogen) atoms. The third-order valence-electron chi connectivity index (χ3n) is 5.15. The molecule has 3 rings (SSSR count). The van der Waals surface area contributed by atoms with Gasteiger partial charge >= 0.3 is 5.97 Å². The summed E-state index contributed by atoms with van der Waals surface area (Å²) in [7, 11) is 2.85. The minimum Gasteiger partial charge on any atom is -0.494 e. The van der Waals surface area contributed by atoms with E-state index >= 15 is 0 Å². The van der Waals surface area contributed by atoms with Gasteiger partial charge in [0.1, 0.15) is 0 Å². The summed E-state index contributed by atoms with van der Waals surface area (Å²) >= 11 is 0. The first-order valence-corrected chi connectivity index (χ1v) is 10.1. The fourth-order valence-corrected chi connectivity index (χ4v) is 3.37. The molecule has 1 aliphatic rings. The monoisotopic (exact) mass is 461 g/mol. The van der Waals surface area contributed by atoms with E-state index in [1.807, 2.05) is 4.90 Å². The molecule has 11 heteroatoms. The molecule has 0 unspecified atom stereocenters. The average molecular weight is 461 g/mol. The maximum absolute atomic E-state index is 13.9. The van der Waals surface area contributed by atoms with Crippen molar-refractivity contribution >= 4 is 23.3 Å². The van der Waals surface area contributed by atoms with Crippen LogP contribution >= 0.6 is 0 Å². The number of nitro benzene ring substituents is 1. The van der Waals surface area contributed by atoms with E-state index in [0.29, 0.717) is 37.6 Å². The van der Waals surface area contributed by atoms with Crippen LogP contribution in [0.5, 0.6) is 5.75 Å². The lowest BCUT2D eigenvalue weighted by Gasteiger charge is -2.30. The highest BCUT2D eigenvalue weighted by molar-refractivity contribution is 5.97. The maximum Gasteiger partial charge on any atom is 0.341 e. The highest BCUT2D eigenvalue weighted by Crippen LogP contribution is 2.27. The number of nitro groups is 1. The fourth-order valence-electron chi connectivity index (χ4n) is 3.37. The van der Waals surface area contributed by atoms with Gasteiger partial charge in [0.2, 0.25) is 0 Å². The molecule has 1 amide bonds. The van der Waals surface area contributed by atoms with Crippen molar-refractivity contribution in [2.24, 2.45) is 0 Å². The van der Waals surface area contributed by atoms with Crippen LogP contribution in [0.4, 0.5) is 15.8 Å². The Hall–Kier alpha value is -3.73. The SMILES string of the molecule is COc1ccc(CN(C)C(=O)COC(=O)c2cc([N+](=O)[O-])ccc2N2CCOCC2)cc1F. The summed E-state index contributed by atoms with van der Waals surface area (Å²) in [6.07, 6.45) is 0. The van der Waals surface area contributed by atoms with Gasteiger partial charge in [-0.05, 0) is 23.8 Å². The minimum absolute atomic E-state index is 0.00113. The first kappa shape index (κ1) is 23.9. The van der Waals surface area contributed by atoms with Crippen LogP contribution in [-0.2, 0) is 20.8 Å². The van der Waals surface area contributed by atoms with Gasteiger partial charge in [-0.1, -0.05) is 6.07 Å². The summed E-state index contributed by atoms with van der Waals surface area (Å²) in [6.45, 7) is 1.46. The number of benzene rings is 2. The number of hydrogen-bond donors (Lipinski definition) is 0. The number of esters is 1. The van der Waals surface area contributed by atoms with E-state index in [1.54, 1.807) is 6.07 Å². The van der Waals surface area contributed by atoms with Crippen LogP contribution in [0.15, 0.2) is 36.4 Å². The van der Waals surface area contributed by atoms with Crippen molar-refractivity contribution in [3.8, 4) is 5.75 Å². The summed E-state index contributed by atoms with van der Waals surface area (Å²) in [5.41, 5.74) is 0.745. The number of hydrogen-bond acceptors (Lipinski definition) is 8. The van der Waals surface area contributed by atoms with E-state index in [9.17, 15) is 24.1 Å². The Labute approximate surface area is 189 Å². The van der Waals surface area contributed by atoms with Crippen molar-refractivity contribution in [3.05, 3.63) is 63.5 Å². The van der Waals surface area contributed by atoms with Gasteiger partial charge < -0.3 is 24.0 Å². The molecule has 0 radical (unpaired) electrons. The van der Waals surface area contributed by atoms with Crippen molar-refractivity contribution in [1.29, 1.82) is 0 Å². The molecule has 1 saturated heterocycles. The van der Waals surface area contributed by atoms with Gasteiger partial charge in [0.15, 0.2) is 18.2 Å². The lowest BCUT2D eigenvalue weighted by atomic mass is 10.1. The quantitative estimate of drug-likeness (QED) is 0.335. The molecule has 2 aromatic rings. The zero-order valence-electron chi connectivity index (χ0n) is 18.3. The van der Waals surface area contributed by atoms with Gasteiger partial charge in [0.05, 0.1) is 36.5 Å². The molecular formula is C22H24FN3O7. The van der Waals surface area contributed by atoms with E-state index < -0.39 is 29.2 Å². The molecule has 0 spiro atoms. The van der Waals surface area contributed by atoms with Crippen LogP contribution < -0.4 is 9.64 Å². The Kier molecular flexibility index (Phi) is 7.78. The number of morpholine rings is 1. The molecule has 1 heterocycles. The lowest BCUT2D eigenvalue weighted by Crippen LogP contribution is -2.37. The predicted octanol–water partition coefficient (Wildman–Crippen LogP) is 2.39. The van der Waals surface area contributed by atoms with Gasteiger partial charge in [-0.15, -0.1) is 0 Å². The average Bonchev–Trinajstić information content (AvgIpc) is 2.82. The lowest BCUT2D eigenvalue weighted by molar-refractivity contribution is -0.384. The topological polar surface area (TPSA) is 111 Å². The van der Waals surface area contributed by atoms with Crippen LogP contribution in [-0.4, -0.2) is 68.8 Å². The molecule has 10 nitrogen and oxygen atoms in total. The summed E-state index contributed by atoms with van der Waals surface area (Å²) in [4.78, 5) is 38.9. The van der Waals surface area contributed by atoms with Crippen molar-refractivity contribution < 1.29 is 33.1 Å². The summed E-state index contributed by atoms with van der Waals surface area (Å²) in [5.74, 6) is -1.83. The number of methoxy groups -OCH3 is 1. The van der Waals surface area contributed by atoms with Crippen LogP contribution in [0, 0.1) is 15.9 Å². The number of carbonyl (C=O) groups is 2. The molecule has 2 aromatic carbocycles. The Balaban J connectivity index is 1.67. The molecule has 0 bridgehead atoms. The molecule has 0 atom stereocenters. The number of halogens is 1. The normalized spacial score (nSPS) is 13.4. The molecule has 0 aliphatic carbocycles. The first-order valence-electron chi connectivity index (χ1n) is 10.1. The third-order valence-corrected chi connectivity index (χ3v) is 5.15. The number of ether oxygens (including phenoxy) is 3. The van der Waals surface area contributed by atoms with E-state index in [-0.39, 0.29) is 23.5 Å². The molecular weight excluding hydrogens is 437 g/mol. The Morgan fingerprint density at radius 3 is 2.58 bits per heavy atom. The Bertz CT molecular complexity index is 1040.